The second-order valence-corrected chi connectivity index (χ2v) is 6.01. The largest absolute Gasteiger partial charge is 0.345 e. The number of fused-ring (bicyclic) bond motifs is 1. The fourth-order valence-electron chi connectivity index (χ4n) is 2.87. The topological polar surface area (TPSA) is 62.7 Å². The van der Waals surface area contributed by atoms with Crippen molar-refractivity contribution in [3.8, 4) is 0 Å². The Morgan fingerprint density at radius 3 is 2.91 bits per heavy atom. The number of carbonyl (C=O) groups excluding carboxylic acids is 1. The average Bonchev–Trinajstić information content (AvgIpc) is 3.15. The Morgan fingerprint density at radius 1 is 1.35 bits per heavy atom. The molecule has 0 fully saturated rings. The number of para-hydroxylation sites is 1. The fourth-order valence-corrected chi connectivity index (χ4v) is 2.87. The summed E-state index contributed by atoms with van der Waals surface area (Å²) in [6.45, 7) is 4.38. The first-order chi connectivity index (χ1) is 11.1. The van der Waals surface area contributed by atoms with Gasteiger partial charge in [0.1, 0.15) is 0 Å². The molecule has 2 heterocycles. The van der Waals surface area contributed by atoms with Crippen molar-refractivity contribution in [3.63, 3.8) is 0 Å². The predicted octanol–water partition coefficient (Wildman–Crippen LogP) is 3.91. The van der Waals surface area contributed by atoms with Gasteiger partial charge in [0.05, 0.1) is 0 Å². The van der Waals surface area contributed by atoms with Crippen molar-refractivity contribution in [3.05, 3.63) is 48.4 Å². The second-order valence-electron chi connectivity index (χ2n) is 6.01. The predicted molar refractivity (Wildman–Crippen MR) is 92.5 cm³/mol. The van der Waals surface area contributed by atoms with Crippen molar-refractivity contribution < 1.29 is 4.79 Å². The van der Waals surface area contributed by atoms with Crippen LogP contribution in [-0.2, 0) is 11.2 Å². The van der Waals surface area contributed by atoms with Gasteiger partial charge in [-0.15, -0.1) is 0 Å². The number of benzene rings is 1. The van der Waals surface area contributed by atoms with E-state index in [1.807, 2.05) is 0 Å². The van der Waals surface area contributed by atoms with Crippen LogP contribution >= 0.6 is 0 Å². The van der Waals surface area contributed by atoms with Crippen LogP contribution in [0.1, 0.15) is 38.3 Å². The van der Waals surface area contributed by atoms with Gasteiger partial charge in [0.15, 0.2) is 0 Å². The molecule has 3 aromatic rings. The molecule has 1 aromatic carbocycles. The molecule has 0 atom stereocenters. The number of aryl methyl sites for hydroxylation is 1. The Labute approximate surface area is 135 Å². The molecular formula is C18H22N4O. The molecule has 120 valence electrons. The highest BCUT2D eigenvalue weighted by atomic mass is 16.1. The number of hydrogen-bond acceptors (Lipinski definition) is 2. The quantitative estimate of drug-likeness (QED) is 0.725. The van der Waals surface area contributed by atoms with Gasteiger partial charge in [0.25, 0.3) is 0 Å². The Hall–Kier alpha value is -2.56. The highest BCUT2D eigenvalue weighted by molar-refractivity contribution is 5.89. The number of aromatic amines is 1. The summed E-state index contributed by atoms with van der Waals surface area (Å²) >= 11 is 0. The molecule has 23 heavy (non-hydrogen) atoms. The van der Waals surface area contributed by atoms with E-state index >= 15 is 0 Å². The van der Waals surface area contributed by atoms with E-state index in [0.717, 1.165) is 12.8 Å². The SMILES string of the molecule is CC(C)n1cc(CCCC(=O)Nc2ncc[nH]2)c2ccccc21. The third kappa shape index (κ3) is 3.44. The number of anilines is 1. The summed E-state index contributed by atoms with van der Waals surface area (Å²) in [7, 11) is 0. The van der Waals surface area contributed by atoms with E-state index in [1.165, 1.54) is 16.5 Å². The van der Waals surface area contributed by atoms with Crippen LogP contribution in [0, 0.1) is 0 Å². The zero-order valence-corrected chi connectivity index (χ0v) is 13.5. The molecule has 0 aliphatic rings. The number of aromatic nitrogens is 3. The number of rotatable bonds is 6. The van der Waals surface area contributed by atoms with Gasteiger partial charge >= 0.3 is 0 Å². The van der Waals surface area contributed by atoms with Crippen LogP contribution in [0.15, 0.2) is 42.9 Å². The van der Waals surface area contributed by atoms with Crippen LogP contribution < -0.4 is 5.32 Å². The maximum atomic E-state index is 11.9. The zero-order chi connectivity index (χ0) is 16.2. The molecule has 5 heteroatoms. The van der Waals surface area contributed by atoms with Crippen LogP contribution in [0.4, 0.5) is 5.95 Å². The standard InChI is InChI=1S/C18H22N4O/c1-13(2)22-12-14(15-7-3-4-8-16(15)22)6-5-9-17(23)21-18-19-10-11-20-18/h3-4,7-8,10-13H,5-6,9H2,1-2H3,(H2,19,20,21,23). The lowest BCUT2D eigenvalue weighted by Crippen LogP contribution is -2.12. The van der Waals surface area contributed by atoms with Crippen LogP contribution in [0.5, 0.6) is 0 Å². The van der Waals surface area contributed by atoms with Crippen molar-refractivity contribution in [2.75, 3.05) is 5.32 Å². The van der Waals surface area contributed by atoms with Crippen molar-refractivity contribution in [2.45, 2.75) is 39.2 Å². The molecule has 0 spiro atoms. The number of amides is 1. The van der Waals surface area contributed by atoms with Crippen LogP contribution in [-0.4, -0.2) is 20.4 Å². The monoisotopic (exact) mass is 310 g/mol. The minimum atomic E-state index is -0.00690. The molecule has 0 saturated heterocycles. The molecule has 0 bridgehead atoms. The maximum absolute atomic E-state index is 11.9. The van der Waals surface area contributed by atoms with Crippen LogP contribution in [0.25, 0.3) is 10.9 Å². The summed E-state index contributed by atoms with van der Waals surface area (Å²) in [6, 6.07) is 8.88. The molecule has 0 radical (unpaired) electrons. The first-order valence-corrected chi connectivity index (χ1v) is 8.03. The number of imidazole rings is 1. The van der Waals surface area contributed by atoms with E-state index < -0.39 is 0 Å². The van der Waals surface area contributed by atoms with Crippen LogP contribution in [0.3, 0.4) is 0 Å². The summed E-state index contributed by atoms with van der Waals surface area (Å²) in [5.74, 6) is 0.499. The minimum Gasteiger partial charge on any atom is -0.345 e. The van der Waals surface area contributed by atoms with E-state index in [0.29, 0.717) is 18.4 Å². The van der Waals surface area contributed by atoms with Gasteiger partial charge in [0, 0.05) is 42.0 Å². The van der Waals surface area contributed by atoms with Gasteiger partial charge in [-0.3, -0.25) is 10.1 Å². The Bertz CT molecular complexity index is 787. The lowest BCUT2D eigenvalue weighted by molar-refractivity contribution is -0.116. The maximum Gasteiger partial charge on any atom is 0.226 e. The Balaban J connectivity index is 1.64. The second kappa shape index (κ2) is 6.69. The number of H-pyrrole nitrogens is 1. The normalized spacial score (nSPS) is 11.3. The molecule has 2 N–H and O–H groups in total. The zero-order valence-electron chi connectivity index (χ0n) is 13.5. The number of nitrogens with zero attached hydrogens (tertiary/aromatic N) is 2. The molecule has 0 aliphatic carbocycles. The van der Waals surface area contributed by atoms with Gasteiger partial charge in [-0.05, 0) is 38.3 Å². The number of carbonyl (C=O) groups is 1. The minimum absolute atomic E-state index is 0.00690. The van der Waals surface area contributed by atoms with E-state index in [-0.39, 0.29) is 5.91 Å². The van der Waals surface area contributed by atoms with Gasteiger partial charge in [-0.1, -0.05) is 18.2 Å². The van der Waals surface area contributed by atoms with E-state index in [9.17, 15) is 4.79 Å². The van der Waals surface area contributed by atoms with Crippen molar-refractivity contribution in [2.24, 2.45) is 0 Å². The van der Waals surface area contributed by atoms with Gasteiger partial charge in [-0.2, -0.15) is 0 Å². The van der Waals surface area contributed by atoms with Gasteiger partial charge < -0.3 is 9.55 Å². The molecule has 0 saturated carbocycles. The summed E-state index contributed by atoms with van der Waals surface area (Å²) in [4.78, 5) is 18.8. The van der Waals surface area contributed by atoms with Gasteiger partial charge in [-0.25, -0.2) is 4.98 Å². The van der Waals surface area contributed by atoms with Gasteiger partial charge in [0.2, 0.25) is 11.9 Å². The van der Waals surface area contributed by atoms with Crippen molar-refractivity contribution >= 4 is 22.8 Å². The molecule has 0 unspecified atom stereocenters. The number of nitrogens with one attached hydrogen (secondary N) is 2. The average molecular weight is 310 g/mol. The molecule has 5 nitrogen and oxygen atoms in total. The summed E-state index contributed by atoms with van der Waals surface area (Å²) in [5.41, 5.74) is 2.57. The molecular weight excluding hydrogens is 288 g/mol. The first kappa shape index (κ1) is 15.3. The molecule has 0 aliphatic heterocycles. The lowest BCUT2D eigenvalue weighted by Gasteiger charge is -2.08. The lowest BCUT2D eigenvalue weighted by atomic mass is 10.1. The summed E-state index contributed by atoms with van der Waals surface area (Å²) < 4.78 is 2.30. The van der Waals surface area contributed by atoms with E-state index in [2.05, 4.69) is 64.2 Å². The van der Waals surface area contributed by atoms with Crippen molar-refractivity contribution in [1.82, 2.24) is 14.5 Å². The summed E-state index contributed by atoms with van der Waals surface area (Å²) in [5, 5.41) is 4.04. The summed E-state index contributed by atoms with van der Waals surface area (Å²) in [6.07, 6.45) is 7.73. The number of hydrogen-bond donors (Lipinski definition) is 2. The Morgan fingerprint density at radius 2 is 2.17 bits per heavy atom. The third-order valence-electron chi connectivity index (χ3n) is 3.99. The molecule has 1 amide bonds. The van der Waals surface area contributed by atoms with Crippen LogP contribution in [0.2, 0.25) is 0 Å². The van der Waals surface area contributed by atoms with E-state index in [4.69, 9.17) is 0 Å². The molecule has 2 aromatic heterocycles. The van der Waals surface area contributed by atoms with E-state index in [1.54, 1.807) is 12.4 Å². The van der Waals surface area contributed by atoms with Crippen molar-refractivity contribution in [1.29, 1.82) is 0 Å². The smallest absolute Gasteiger partial charge is 0.226 e. The third-order valence-corrected chi connectivity index (χ3v) is 3.99. The fraction of sp³-hybridized carbons (Fsp3) is 0.333. The first-order valence-electron chi connectivity index (χ1n) is 8.03. The highest BCUT2D eigenvalue weighted by Gasteiger charge is 2.11. The highest BCUT2D eigenvalue weighted by Crippen LogP contribution is 2.25. The Kier molecular flexibility index (Phi) is 4.46. The molecule has 3 rings (SSSR count).